The lowest BCUT2D eigenvalue weighted by Gasteiger charge is -2.25. The molecule has 0 aliphatic carbocycles. The minimum atomic E-state index is -3.43. The van der Waals surface area contributed by atoms with Gasteiger partial charge in [0.05, 0.1) is 5.69 Å². The molecule has 27 heavy (non-hydrogen) atoms. The van der Waals surface area contributed by atoms with Crippen molar-refractivity contribution in [1.29, 1.82) is 0 Å². The standard InChI is InChI=1S/C18H23N3O3S3/c1-13-16(18(22)20-7-5-6-8-20)26-17(19-13)14-11-15(25-12-14)27(23,24)21-9-3-2-4-10-21/h11-12H,2-10H2,1H3. The van der Waals surface area contributed by atoms with E-state index in [1.54, 1.807) is 10.4 Å². The number of thiophene rings is 1. The minimum absolute atomic E-state index is 0.0464. The van der Waals surface area contributed by atoms with E-state index >= 15 is 0 Å². The van der Waals surface area contributed by atoms with E-state index in [0.29, 0.717) is 27.2 Å². The average molecular weight is 426 g/mol. The molecule has 146 valence electrons. The molecule has 2 fully saturated rings. The number of likely N-dealkylation sites (tertiary alicyclic amines) is 1. The summed E-state index contributed by atoms with van der Waals surface area (Å²) in [7, 11) is -3.43. The molecule has 9 heteroatoms. The maximum atomic E-state index is 12.8. The molecule has 0 spiro atoms. The first-order chi connectivity index (χ1) is 13.0. The Kier molecular flexibility index (Phi) is 5.37. The molecule has 0 bridgehead atoms. The summed E-state index contributed by atoms with van der Waals surface area (Å²) in [5, 5.41) is 2.55. The van der Waals surface area contributed by atoms with Crippen molar-refractivity contribution in [3.8, 4) is 10.6 Å². The number of aromatic nitrogens is 1. The fourth-order valence-electron chi connectivity index (χ4n) is 3.58. The van der Waals surface area contributed by atoms with E-state index < -0.39 is 10.0 Å². The van der Waals surface area contributed by atoms with E-state index in [9.17, 15) is 13.2 Å². The van der Waals surface area contributed by atoms with Gasteiger partial charge in [-0.1, -0.05) is 6.42 Å². The van der Waals surface area contributed by atoms with Crippen molar-refractivity contribution < 1.29 is 13.2 Å². The maximum Gasteiger partial charge on any atom is 0.265 e. The minimum Gasteiger partial charge on any atom is -0.338 e. The molecular weight excluding hydrogens is 402 g/mol. The zero-order valence-corrected chi connectivity index (χ0v) is 17.8. The number of carbonyl (C=O) groups excluding carboxylic acids is 1. The molecule has 2 aromatic heterocycles. The van der Waals surface area contributed by atoms with Gasteiger partial charge in [-0.05, 0) is 38.7 Å². The zero-order chi connectivity index (χ0) is 19.0. The van der Waals surface area contributed by atoms with Crippen molar-refractivity contribution in [2.45, 2.75) is 43.2 Å². The molecule has 6 nitrogen and oxygen atoms in total. The summed E-state index contributed by atoms with van der Waals surface area (Å²) < 4.78 is 27.6. The SMILES string of the molecule is Cc1nc(-c2csc(S(=O)(=O)N3CCCCC3)c2)sc1C(=O)N1CCCC1. The van der Waals surface area contributed by atoms with E-state index in [1.165, 1.54) is 22.7 Å². The Labute approximate surface area is 167 Å². The molecule has 0 N–H and O–H groups in total. The monoisotopic (exact) mass is 425 g/mol. The van der Waals surface area contributed by atoms with Gasteiger partial charge < -0.3 is 4.90 Å². The lowest BCUT2D eigenvalue weighted by molar-refractivity contribution is 0.0796. The second kappa shape index (κ2) is 7.62. The van der Waals surface area contributed by atoms with E-state index in [2.05, 4.69) is 4.98 Å². The number of hydrogen-bond acceptors (Lipinski definition) is 6. The highest BCUT2D eigenvalue weighted by Crippen LogP contribution is 2.35. The number of aryl methyl sites for hydroxylation is 1. The summed E-state index contributed by atoms with van der Waals surface area (Å²) >= 11 is 2.60. The molecule has 1 amide bonds. The first-order valence-corrected chi connectivity index (χ1v) is 12.5. The third-order valence-electron chi connectivity index (χ3n) is 5.12. The Morgan fingerprint density at radius 1 is 1.07 bits per heavy atom. The van der Waals surface area contributed by atoms with Crippen LogP contribution in [0.25, 0.3) is 10.6 Å². The van der Waals surface area contributed by atoms with Gasteiger partial charge in [-0.25, -0.2) is 13.4 Å². The van der Waals surface area contributed by atoms with Crippen LogP contribution in [0, 0.1) is 6.92 Å². The van der Waals surface area contributed by atoms with E-state index in [0.717, 1.165) is 56.5 Å². The summed E-state index contributed by atoms with van der Waals surface area (Å²) in [6.07, 6.45) is 5.04. The van der Waals surface area contributed by atoms with Crippen LogP contribution in [0.3, 0.4) is 0 Å². The van der Waals surface area contributed by atoms with Gasteiger partial charge in [0.1, 0.15) is 14.1 Å². The molecule has 2 saturated heterocycles. The van der Waals surface area contributed by atoms with Gasteiger partial charge in [0.25, 0.3) is 15.9 Å². The van der Waals surface area contributed by atoms with Crippen LogP contribution >= 0.6 is 22.7 Å². The number of hydrogen-bond donors (Lipinski definition) is 0. The van der Waals surface area contributed by atoms with E-state index in [-0.39, 0.29) is 5.91 Å². The third-order valence-corrected chi connectivity index (χ3v) is 9.62. The van der Waals surface area contributed by atoms with Crippen LogP contribution in [-0.4, -0.2) is 54.7 Å². The highest BCUT2D eigenvalue weighted by molar-refractivity contribution is 7.91. The quantitative estimate of drug-likeness (QED) is 0.751. The molecule has 2 aromatic rings. The Morgan fingerprint density at radius 2 is 1.74 bits per heavy atom. The largest absolute Gasteiger partial charge is 0.338 e. The predicted octanol–water partition coefficient (Wildman–Crippen LogP) is 3.59. The second-order valence-corrected chi connectivity index (χ2v) is 11.1. The molecule has 2 aliphatic heterocycles. The van der Waals surface area contributed by atoms with Crippen molar-refractivity contribution in [2.75, 3.05) is 26.2 Å². The summed E-state index contributed by atoms with van der Waals surface area (Å²) in [6, 6.07) is 1.71. The number of piperidine rings is 1. The van der Waals surface area contributed by atoms with Gasteiger partial charge in [0, 0.05) is 37.1 Å². The summed E-state index contributed by atoms with van der Waals surface area (Å²) in [5.74, 6) is 0.0464. The van der Waals surface area contributed by atoms with Crippen molar-refractivity contribution in [1.82, 2.24) is 14.2 Å². The van der Waals surface area contributed by atoms with Crippen LogP contribution in [0.1, 0.15) is 47.5 Å². The van der Waals surface area contributed by atoms with Crippen LogP contribution in [0.2, 0.25) is 0 Å². The van der Waals surface area contributed by atoms with Crippen LogP contribution in [0.4, 0.5) is 0 Å². The third kappa shape index (κ3) is 3.70. The first-order valence-electron chi connectivity index (χ1n) is 9.32. The van der Waals surface area contributed by atoms with Gasteiger partial charge in [0.15, 0.2) is 0 Å². The fraction of sp³-hybridized carbons (Fsp3) is 0.556. The van der Waals surface area contributed by atoms with Crippen molar-refractivity contribution in [2.24, 2.45) is 0 Å². The Balaban J connectivity index is 1.58. The van der Waals surface area contributed by atoms with Crippen LogP contribution in [0.5, 0.6) is 0 Å². The average Bonchev–Trinajstić information content (AvgIpc) is 3.42. The number of sulfonamides is 1. The molecule has 4 heterocycles. The zero-order valence-electron chi connectivity index (χ0n) is 15.3. The van der Waals surface area contributed by atoms with Crippen LogP contribution in [0.15, 0.2) is 15.7 Å². The van der Waals surface area contributed by atoms with E-state index in [4.69, 9.17) is 0 Å². The lowest BCUT2D eigenvalue weighted by Crippen LogP contribution is -2.35. The predicted molar refractivity (Wildman–Crippen MR) is 108 cm³/mol. The van der Waals surface area contributed by atoms with Gasteiger partial charge in [-0.15, -0.1) is 22.7 Å². The Hall–Kier alpha value is -1.29. The number of carbonyl (C=O) groups is 1. The number of amides is 1. The maximum absolute atomic E-state index is 12.8. The molecular formula is C18H23N3O3S3. The van der Waals surface area contributed by atoms with Crippen molar-refractivity contribution in [3.05, 3.63) is 22.0 Å². The van der Waals surface area contributed by atoms with Gasteiger partial charge in [-0.2, -0.15) is 4.31 Å². The molecule has 2 aliphatic rings. The van der Waals surface area contributed by atoms with Gasteiger partial charge in [-0.3, -0.25) is 4.79 Å². The van der Waals surface area contributed by atoms with E-state index in [1.807, 2.05) is 17.2 Å². The number of thiazole rings is 1. The molecule has 0 saturated carbocycles. The normalized spacial score (nSPS) is 18.9. The van der Waals surface area contributed by atoms with Crippen LogP contribution in [-0.2, 0) is 10.0 Å². The number of rotatable bonds is 4. The summed E-state index contributed by atoms with van der Waals surface area (Å²) in [5.41, 5.74) is 1.50. The fourth-order valence-corrected chi connectivity index (χ4v) is 7.51. The van der Waals surface area contributed by atoms with Gasteiger partial charge in [0.2, 0.25) is 0 Å². The topological polar surface area (TPSA) is 70.6 Å². The molecule has 0 atom stereocenters. The lowest BCUT2D eigenvalue weighted by atomic mass is 10.2. The molecule has 0 radical (unpaired) electrons. The molecule has 0 aromatic carbocycles. The molecule has 4 rings (SSSR count). The highest BCUT2D eigenvalue weighted by Gasteiger charge is 2.29. The Morgan fingerprint density at radius 3 is 2.44 bits per heavy atom. The summed E-state index contributed by atoms with van der Waals surface area (Å²) in [6.45, 7) is 4.66. The number of nitrogens with zero attached hydrogens (tertiary/aromatic N) is 3. The van der Waals surface area contributed by atoms with Gasteiger partial charge >= 0.3 is 0 Å². The second-order valence-electron chi connectivity index (χ2n) is 7.05. The molecule has 0 unspecified atom stereocenters. The van der Waals surface area contributed by atoms with Crippen molar-refractivity contribution >= 4 is 38.6 Å². The smallest absolute Gasteiger partial charge is 0.265 e. The highest BCUT2D eigenvalue weighted by atomic mass is 32.2. The Bertz CT molecular complexity index is 936. The first kappa shape index (κ1) is 19.0. The van der Waals surface area contributed by atoms with Crippen molar-refractivity contribution in [3.63, 3.8) is 0 Å². The van der Waals surface area contributed by atoms with Crippen LogP contribution < -0.4 is 0 Å². The summed E-state index contributed by atoms with van der Waals surface area (Å²) in [4.78, 5) is 19.8.